The molecule has 2 aromatic heterocycles. The molecule has 0 bridgehead atoms. The maximum absolute atomic E-state index is 12.7. The Hall–Kier alpha value is -4.28. The van der Waals surface area contributed by atoms with Crippen molar-refractivity contribution in [2.75, 3.05) is 12.3 Å². The standard InChI is InChI=1S/C21H19F3N6O7/c22-21(23,24)16(35)8-4-9(13(32)10(31)5-8)19(36)26-3-1-2-11-14(33)15(34)20(37-11)30-7-29-12-17(25)27-6-28-18(12)30/h1-2,4-7,11,14-15,20,31-34H,3H2,(H,26,36)(H2,25,27,28)/t11?,14?,15-,20?/m1/s1. The number of aliphatic hydroxyl groups is 2. The number of nitrogens with one attached hydrogen (secondary N) is 1. The molecule has 4 atom stereocenters. The molecule has 1 aliphatic heterocycles. The number of hydrogen-bond donors (Lipinski definition) is 6. The monoisotopic (exact) mass is 524 g/mol. The lowest BCUT2D eigenvalue weighted by Crippen LogP contribution is -2.31. The second-order valence-corrected chi connectivity index (χ2v) is 7.91. The number of anilines is 1. The van der Waals surface area contributed by atoms with Crippen LogP contribution in [0.15, 0.2) is 36.9 Å². The van der Waals surface area contributed by atoms with Gasteiger partial charge in [0, 0.05) is 12.1 Å². The number of rotatable bonds is 6. The van der Waals surface area contributed by atoms with Crippen molar-refractivity contribution in [2.45, 2.75) is 30.7 Å². The molecule has 196 valence electrons. The van der Waals surface area contributed by atoms with Gasteiger partial charge in [0.25, 0.3) is 11.7 Å². The third kappa shape index (κ3) is 4.89. The van der Waals surface area contributed by atoms with Gasteiger partial charge in [0.15, 0.2) is 29.2 Å². The average molecular weight is 524 g/mol. The average Bonchev–Trinajstić information content (AvgIpc) is 3.39. The molecule has 7 N–H and O–H groups in total. The summed E-state index contributed by atoms with van der Waals surface area (Å²) >= 11 is 0. The number of nitrogen functional groups attached to an aromatic ring is 1. The summed E-state index contributed by atoms with van der Waals surface area (Å²) in [4.78, 5) is 35.7. The normalized spacial score (nSPS) is 22.1. The van der Waals surface area contributed by atoms with E-state index in [1.54, 1.807) is 0 Å². The summed E-state index contributed by atoms with van der Waals surface area (Å²) in [6.45, 7) is -0.262. The summed E-state index contributed by atoms with van der Waals surface area (Å²) in [6, 6.07) is 0.896. The highest BCUT2D eigenvalue weighted by Gasteiger charge is 2.43. The number of imidazole rings is 1. The van der Waals surface area contributed by atoms with Crippen LogP contribution in [0.2, 0.25) is 0 Å². The van der Waals surface area contributed by atoms with Crippen molar-refractivity contribution in [3.05, 3.63) is 48.1 Å². The first kappa shape index (κ1) is 25.8. The number of Topliss-reactive ketones (excluding diaryl/α,β-unsaturated/α-hetero) is 1. The summed E-state index contributed by atoms with van der Waals surface area (Å²) in [5, 5.41) is 42.6. The van der Waals surface area contributed by atoms with E-state index in [1.165, 1.54) is 29.4 Å². The first-order chi connectivity index (χ1) is 17.4. The molecule has 13 nitrogen and oxygen atoms in total. The minimum absolute atomic E-state index is 0.108. The third-order valence-electron chi connectivity index (χ3n) is 5.50. The summed E-state index contributed by atoms with van der Waals surface area (Å²) in [6.07, 6.45) is -5.04. The number of ketones is 1. The van der Waals surface area contributed by atoms with Crippen LogP contribution in [0.25, 0.3) is 11.2 Å². The lowest BCUT2D eigenvalue weighted by Gasteiger charge is -2.16. The SMILES string of the molecule is Nc1ncnc2c1ncn2C1OC(C=CCNC(=O)c2cc(C(=O)C(F)(F)F)cc(O)c2O)C(O)[C@H]1O. The number of carbonyl (C=O) groups excluding carboxylic acids is 2. The predicted molar refractivity (Wildman–Crippen MR) is 117 cm³/mol. The topological polar surface area (TPSA) is 206 Å². The van der Waals surface area contributed by atoms with Crippen LogP contribution in [-0.2, 0) is 4.74 Å². The van der Waals surface area contributed by atoms with E-state index in [2.05, 4.69) is 20.3 Å². The molecule has 1 saturated heterocycles. The first-order valence-corrected chi connectivity index (χ1v) is 10.5. The fraction of sp³-hybridized carbons (Fsp3) is 0.286. The predicted octanol–water partition coefficient (Wildman–Crippen LogP) is 0.170. The van der Waals surface area contributed by atoms with E-state index in [4.69, 9.17) is 10.5 Å². The maximum atomic E-state index is 12.7. The van der Waals surface area contributed by atoms with Gasteiger partial charge >= 0.3 is 6.18 Å². The van der Waals surface area contributed by atoms with Crippen molar-refractivity contribution in [1.29, 1.82) is 0 Å². The van der Waals surface area contributed by atoms with Crippen LogP contribution in [-0.4, -0.2) is 82.7 Å². The van der Waals surface area contributed by atoms with Crippen LogP contribution < -0.4 is 11.1 Å². The molecule has 3 unspecified atom stereocenters. The Balaban J connectivity index is 1.43. The summed E-state index contributed by atoms with van der Waals surface area (Å²) in [5.74, 6) is -5.40. The lowest BCUT2D eigenvalue weighted by molar-refractivity contribution is -0.0885. The summed E-state index contributed by atoms with van der Waals surface area (Å²) in [7, 11) is 0. The first-order valence-electron chi connectivity index (χ1n) is 10.5. The second kappa shape index (κ2) is 9.64. The molecule has 0 saturated carbocycles. The van der Waals surface area contributed by atoms with Crippen molar-refractivity contribution >= 4 is 28.7 Å². The number of nitrogens with two attached hydrogens (primary N) is 1. The number of halogens is 3. The van der Waals surface area contributed by atoms with Gasteiger partial charge in [-0.15, -0.1) is 0 Å². The lowest BCUT2D eigenvalue weighted by atomic mass is 10.0. The smallest absolute Gasteiger partial charge is 0.454 e. The van der Waals surface area contributed by atoms with Crippen molar-refractivity contribution < 1.29 is 47.9 Å². The highest BCUT2D eigenvalue weighted by molar-refractivity contribution is 6.05. The van der Waals surface area contributed by atoms with Crippen molar-refractivity contribution in [3.63, 3.8) is 0 Å². The van der Waals surface area contributed by atoms with Gasteiger partial charge in [0.1, 0.15) is 30.2 Å². The molecule has 4 rings (SSSR count). The molecular formula is C21H19F3N6O7. The zero-order valence-electron chi connectivity index (χ0n) is 18.5. The van der Waals surface area contributed by atoms with Crippen LogP contribution in [0.3, 0.4) is 0 Å². The van der Waals surface area contributed by atoms with Crippen LogP contribution in [0.4, 0.5) is 19.0 Å². The Morgan fingerprint density at radius 2 is 1.89 bits per heavy atom. The highest BCUT2D eigenvalue weighted by Crippen LogP contribution is 2.34. The zero-order valence-corrected chi connectivity index (χ0v) is 18.5. The molecule has 3 aromatic rings. The van der Waals surface area contributed by atoms with Gasteiger partial charge in [-0.05, 0) is 12.1 Å². The molecule has 0 aliphatic carbocycles. The van der Waals surface area contributed by atoms with Crippen LogP contribution in [0.1, 0.15) is 26.9 Å². The Kier molecular flexibility index (Phi) is 6.72. The van der Waals surface area contributed by atoms with E-state index in [0.29, 0.717) is 12.1 Å². The maximum Gasteiger partial charge on any atom is 0.454 e. The van der Waals surface area contributed by atoms with E-state index >= 15 is 0 Å². The van der Waals surface area contributed by atoms with Crippen LogP contribution in [0, 0.1) is 0 Å². The largest absolute Gasteiger partial charge is 0.504 e. The number of amides is 1. The van der Waals surface area contributed by atoms with Gasteiger partial charge in [-0.1, -0.05) is 12.2 Å². The molecular weight excluding hydrogens is 505 g/mol. The number of nitrogens with zero attached hydrogens (tertiary/aromatic N) is 4. The fourth-order valence-corrected chi connectivity index (χ4v) is 3.67. The number of alkyl halides is 3. The number of fused-ring (bicyclic) bond motifs is 1. The molecule has 16 heteroatoms. The number of hydrogen-bond acceptors (Lipinski definition) is 11. The Labute approximate surface area is 204 Å². The molecule has 1 aliphatic rings. The number of ether oxygens (including phenoxy) is 1. The molecule has 37 heavy (non-hydrogen) atoms. The summed E-state index contributed by atoms with van der Waals surface area (Å²) in [5.41, 5.74) is 4.47. The number of phenols is 2. The molecule has 3 heterocycles. The molecule has 1 aromatic carbocycles. The summed E-state index contributed by atoms with van der Waals surface area (Å²) < 4.78 is 45.1. The van der Waals surface area contributed by atoms with E-state index in [0.717, 1.165) is 0 Å². The second-order valence-electron chi connectivity index (χ2n) is 7.91. The minimum atomic E-state index is -5.26. The minimum Gasteiger partial charge on any atom is -0.504 e. The molecule has 0 spiro atoms. The van der Waals surface area contributed by atoms with E-state index in [1.807, 2.05) is 0 Å². The number of aromatic nitrogens is 4. The van der Waals surface area contributed by atoms with Gasteiger partial charge in [0.2, 0.25) is 0 Å². The fourth-order valence-electron chi connectivity index (χ4n) is 3.67. The Morgan fingerprint density at radius 1 is 1.16 bits per heavy atom. The highest BCUT2D eigenvalue weighted by atomic mass is 19.4. The number of phenolic OH excluding ortho intramolecular Hbond substituents is 2. The number of benzene rings is 1. The van der Waals surface area contributed by atoms with Crippen molar-refractivity contribution in [3.8, 4) is 11.5 Å². The molecule has 1 fully saturated rings. The van der Waals surface area contributed by atoms with Crippen LogP contribution in [0.5, 0.6) is 11.5 Å². The van der Waals surface area contributed by atoms with Crippen molar-refractivity contribution in [2.24, 2.45) is 0 Å². The van der Waals surface area contributed by atoms with Crippen LogP contribution >= 0.6 is 0 Å². The van der Waals surface area contributed by atoms with Crippen molar-refractivity contribution in [1.82, 2.24) is 24.8 Å². The number of aliphatic hydroxyl groups excluding tert-OH is 2. The Bertz CT molecular complexity index is 1390. The van der Waals surface area contributed by atoms with Gasteiger partial charge in [-0.3, -0.25) is 14.2 Å². The van der Waals surface area contributed by atoms with Gasteiger partial charge in [-0.25, -0.2) is 15.0 Å². The number of aromatic hydroxyl groups is 2. The van der Waals surface area contributed by atoms with E-state index < -0.39 is 65.0 Å². The van der Waals surface area contributed by atoms with Gasteiger partial charge in [0.05, 0.1) is 11.9 Å². The van der Waals surface area contributed by atoms with Gasteiger partial charge < -0.3 is 36.2 Å². The quantitative estimate of drug-likeness (QED) is 0.146. The van der Waals surface area contributed by atoms with Gasteiger partial charge in [-0.2, -0.15) is 13.2 Å². The Morgan fingerprint density at radius 3 is 2.59 bits per heavy atom. The molecule has 0 radical (unpaired) electrons. The zero-order chi connectivity index (χ0) is 27.1. The number of carbonyl (C=O) groups is 2. The third-order valence-corrected chi connectivity index (χ3v) is 5.50. The van der Waals surface area contributed by atoms with E-state index in [-0.39, 0.29) is 23.5 Å². The van der Waals surface area contributed by atoms with E-state index in [9.17, 15) is 43.2 Å². The molecule has 1 amide bonds.